The van der Waals surface area contributed by atoms with E-state index in [1.807, 2.05) is 31.2 Å². The summed E-state index contributed by atoms with van der Waals surface area (Å²) in [4.78, 5) is 4.82. The Hall–Kier alpha value is -2.08. The number of β-amino-alcohol motifs (C(OH)–C–C–N with tert-alkyl or cyclic N) is 1. The van der Waals surface area contributed by atoms with Gasteiger partial charge in [0.15, 0.2) is 0 Å². The predicted octanol–water partition coefficient (Wildman–Crippen LogP) is 2.49. The summed E-state index contributed by atoms with van der Waals surface area (Å²) in [5, 5.41) is 10.4. The van der Waals surface area contributed by atoms with Crippen molar-refractivity contribution in [1.82, 2.24) is 9.80 Å². The molecule has 150 valence electrons. The van der Waals surface area contributed by atoms with Crippen molar-refractivity contribution >= 4 is 0 Å². The largest absolute Gasteiger partial charge is 0.493 e. The summed E-state index contributed by atoms with van der Waals surface area (Å²) >= 11 is 0. The van der Waals surface area contributed by atoms with Crippen LogP contribution < -0.4 is 9.47 Å². The first-order chi connectivity index (χ1) is 13.7. The van der Waals surface area contributed by atoms with Gasteiger partial charge in [-0.1, -0.05) is 30.3 Å². The number of ether oxygens (including phenoxy) is 2. The highest BCUT2D eigenvalue weighted by molar-refractivity contribution is 5.39. The minimum Gasteiger partial charge on any atom is -0.493 e. The Morgan fingerprint density at radius 2 is 1.86 bits per heavy atom. The first kappa shape index (κ1) is 19.2. The average molecular weight is 383 g/mol. The van der Waals surface area contributed by atoms with E-state index >= 15 is 0 Å². The molecule has 0 radical (unpaired) electrons. The van der Waals surface area contributed by atoms with E-state index in [0.29, 0.717) is 13.2 Å². The van der Waals surface area contributed by atoms with Gasteiger partial charge < -0.3 is 14.6 Å². The fourth-order valence-corrected chi connectivity index (χ4v) is 3.98. The second kappa shape index (κ2) is 8.95. The van der Waals surface area contributed by atoms with Crippen LogP contribution in [0.5, 0.6) is 11.5 Å². The van der Waals surface area contributed by atoms with Crippen molar-refractivity contribution < 1.29 is 14.6 Å². The standard InChI is InChI=1S/C23H30N2O3/c1-18-4-2-3-5-22(18)28-17-21(26)16-25-11-9-24(10-12-25)15-19-6-7-23-20(14-19)8-13-27-23/h2-7,14,21,26H,8-13,15-17H2,1H3. The lowest BCUT2D eigenvalue weighted by Gasteiger charge is -2.35. The lowest BCUT2D eigenvalue weighted by Crippen LogP contribution is -2.48. The Labute approximate surface area is 167 Å². The van der Waals surface area contributed by atoms with Gasteiger partial charge in [0.1, 0.15) is 24.2 Å². The molecule has 2 heterocycles. The highest BCUT2D eigenvalue weighted by atomic mass is 16.5. The van der Waals surface area contributed by atoms with Gasteiger partial charge in [-0.3, -0.25) is 9.80 Å². The van der Waals surface area contributed by atoms with Crippen LogP contribution in [0.15, 0.2) is 42.5 Å². The second-order valence-electron chi connectivity index (χ2n) is 7.85. The van der Waals surface area contributed by atoms with Gasteiger partial charge in [-0.05, 0) is 35.7 Å². The number of hydrogen-bond donors (Lipinski definition) is 1. The van der Waals surface area contributed by atoms with E-state index in [9.17, 15) is 5.11 Å². The lowest BCUT2D eigenvalue weighted by atomic mass is 10.1. The highest BCUT2D eigenvalue weighted by Gasteiger charge is 2.20. The Morgan fingerprint density at radius 1 is 1.07 bits per heavy atom. The van der Waals surface area contributed by atoms with Crippen molar-refractivity contribution in [2.24, 2.45) is 0 Å². The van der Waals surface area contributed by atoms with Gasteiger partial charge in [-0.15, -0.1) is 0 Å². The Balaban J connectivity index is 1.19. The molecule has 1 atom stereocenters. The Morgan fingerprint density at radius 3 is 2.68 bits per heavy atom. The molecule has 4 rings (SSSR count). The number of rotatable bonds is 7. The van der Waals surface area contributed by atoms with Gasteiger partial charge in [0.25, 0.3) is 0 Å². The van der Waals surface area contributed by atoms with Gasteiger partial charge in [-0.25, -0.2) is 0 Å². The fraction of sp³-hybridized carbons (Fsp3) is 0.478. The molecular weight excluding hydrogens is 352 g/mol. The summed E-state index contributed by atoms with van der Waals surface area (Å²) < 4.78 is 11.4. The maximum absolute atomic E-state index is 10.4. The summed E-state index contributed by atoms with van der Waals surface area (Å²) in [6, 6.07) is 14.5. The Bertz CT molecular complexity index is 787. The van der Waals surface area contributed by atoms with Crippen molar-refractivity contribution in [2.75, 3.05) is 45.9 Å². The zero-order valence-corrected chi connectivity index (χ0v) is 16.6. The van der Waals surface area contributed by atoms with E-state index in [0.717, 1.165) is 62.8 Å². The van der Waals surface area contributed by atoms with Crippen molar-refractivity contribution in [3.05, 3.63) is 59.2 Å². The molecule has 28 heavy (non-hydrogen) atoms. The number of benzene rings is 2. The summed E-state index contributed by atoms with van der Waals surface area (Å²) in [6.45, 7) is 8.84. The van der Waals surface area contributed by atoms with Crippen molar-refractivity contribution in [2.45, 2.75) is 26.0 Å². The minimum absolute atomic E-state index is 0.336. The van der Waals surface area contributed by atoms with Crippen LogP contribution in [0, 0.1) is 6.92 Å². The molecule has 0 aliphatic carbocycles. The van der Waals surface area contributed by atoms with Gasteiger partial charge in [0.2, 0.25) is 0 Å². The quantitative estimate of drug-likeness (QED) is 0.797. The first-order valence-electron chi connectivity index (χ1n) is 10.2. The number of hydrogen-bond acceptors (Lipinski definition) is 5. The fourth-order valence-electron chi connectivity index (χ4n) is 3.98. The molecule has 0 bridgehead atoms. The van der Waals surface area contributed by atoms with E-state index in [4.69, 9.17) is 9.47 Å². The number of aryl methyl sites for hydroxylation is 1. The third-order valence-corrected chi connectivity index (χ3v) is 5.62. The molecule has 2 aromatic rings. The lowest BCUT2D eigenvalue weighted by molar-refractivity contribution is 0.0445. The molecule has 1 N–H and O–H groups in total. The topological polar surface area (TPSA) is 45.2 Å². The monoisotopic (exact) mass is 382 g/mol. The number of aliphatic hydroxyl groups excluding tert-OH is 1. The molecule has 0 amide bonds. The van der Waals surface area contributed by atoms with Crippen LogP contribution >= 0.6 is 0 Å². The number of nitrogens with zero attached hydrogens (tertiary/aromatic N) is 2. The normalized spacial score (nSPS) is 18.5. The average Bonchev–Trinajstić information content (AvgIpc) is 3.17. The molecule has 0 spiro atoms. The zero-order chi connectivity index (χ0) is 19.3. The first-order valence-corrected chi connectivity index (χ1v) is 10.2. The van der Waals surface area contributed by atoms with Crippen LogP contribution in [0.3, 0.4) is 0 Å². The Kier molecular flexibility index (Phi) is 6.15. The smallest absolute Gasteiger partial charge is 0.122 e. The molecule has 1 unspecified atom stereocenters. The van der Waals surface area contributed by atoms with Crippen LogP contribution in [0.2, 0.25) is 0 Å². The number of aliphatic hydroxyl groups is 1. The number of fused-ring (bicyclic) bond motifs is 1. The molecule has 2 aliphatic heterocycles. The molecule has 2 aliphatic rings. The van der Waals surface area contributed by atoms with Gasteiger partial charge in [0.05, 0.1) is 6.61 Å². The minimum atomic E-state index is -0.470. The van der Waals surface area contributed by atoms with Crippen LogP contribution in [-0.4, -0.2) is 66.9 Å². The summed E-state index contributed by atoms with van der Waals surface area (Å²) in [5.74, 6) is 1.90. The zero-order valence-electron chi connectivity index (χ0n) is 16.6. The number of para-hydroxylation sites is 1. The van der Waals surface area contributed by atoms with E-state index < -0.39 is 6.10 Å². The summed E-state index contributed by atoms with van der Waals surface area (Å²) in [7, 11) is 0. The number of piperazine rings is 1. The maximum atomic E-state index is 10.4. The molecule has 5 nitrogen and oxygen atoms in total. The third kappa shape index (κ3) is 4.85. The summed E-state index contributed by atoms with van der Waals surface area (Å²) in [6.07, 6.45) is 0.558. The van der Waals surface area contributed by atoms with E-state index in [1.54, 1.807) is 0 Å². The van der Waals surface area contributed by atoms with Gasteiger partial charge in [-0.2, -0.15) is 0 Å². The van der Waals surface area contributed by atoms with E-state index in [1.165, 1.54) is 11.1 Å². The third-order valence-electron chi connectivity index (χ3n) is 5.62. The molecule has 1 saturated heterocycles. The van der Waals surface area contributed by atoms with Crippen molar-refractivity contribution in [3.8, 4) is 11.5 Å². The maximum Gasteiger partial charge on any atom is 0.122 e. The van der Waals surface area contributed by atoms with Crippen molar-refractivity contribution in [3.63, 3.8) is 0 Å². The molecule has 2 aromatic carbocycles. The predicted molar refractivity (Wildman–Crippen MR) is 110 cm³/mol. The van der Waals surface area contributed by atoms with Crippen LogP contribution in [0.4, 0.5) is 0 Å². The SMILES string of the molecule is Cc1ccccc1OCC(O)CN1CCN(Cc2ccc3c(c2)CCO3)CC1. The molecule has 5 heteroatoms. The molecular formula is C23H30N2O3. The second-order valence-corrected chi connectivity index (χ2v) is 7.85. The van der Waals surface area contributed by atoms with Gasteiger partial charge in [0, 0.05) is 45.7 Å². The van der Waals surface area contributed by atoms with Crippen LogP contribution in [-0.2, 0) is 13.0 Å². The molecule has 0 saturated carbocycles. The highest BCUT2D eigenvalue weighted by Crippen LogP contribution is 2.26. The van der Waals surface area contributed by atoms with Gasteiger partial charge >= 0.3 is 0 Å². The molecule has 1 fully saturated rings. The van der Waals surface area contributed by atoms with Crippen LogP contribution in [0.25, 0.3) is 0 Å². The van der Waals surface area contributed by atoms with E-state index in [2.05, 4.69) is 28.0 Å². The summed E-state index contributed by atoms with van der Waals surface area (Å²) in [5.41, 5.74) is 3.80. The van der Waals surface area contributed by atoms with E-state index in [-0.39, 0.29) is 0 Å². The van der Waals surface area contributed by atoms with Crippen molar-refractivity contribution in [1.29, 1.82) is 0 Å². The van der Waals surface area contributed by atoms with Crippen LogP contribution in [0.1, 0.15) is 16.7 Å². The molecule has 0 aromatic heterocycles.